The lowest BCUT2D eigenvalue weighted by Gasteiger charge is -2.33. The Hall–Kier alpha value is -3.72. The first-order chi connectivity index (χ1) is 19.1. The number of benzene rings is 3. The summed E-state index contributed by atoms with van der Waals surface area (Å²) in [5.41, 5.74) is 7.94. The minimum atomic E-state index is -1.22. The fourth-order valence-electron chi connectivity index (χ4n) is 4.49. The Morgan fingerprint density at radius 3 is 2.35 bits per heavy atom. The van der Waals surface area contributed by atoms with Gasteiger partial charge in [0.1, 0.15) is 5.82 Å². The molecule has 208 valence electrons. The summed E-state index contributed by atoms with van der Waals surface area (Å²) in [5.74, 6) is -0.662. The van der Waals surface area contributed by atoms with E-state index in [0.29, 0.717) is 39.5 Å². The van der Waals surface area contributed by atoms with Gasteiger partial charge in [-0.05, 0) is 67.9 Å². The molecule has 0 saturated carbocycles. The van der Waals surface area contributed by atoms with Crippen LogP contribution >= 0.6 is 23.2 Å². The second kappa shape index (κ2) is 12.6. The maximum absolute atomic E-state index is 14.0. The Morgan fingerprint density at radius 1 is 1.00 bits per heavy atom. The van der Waals surface area contributed by atoms with Crippen LogP contribution in [0.5, 0.6) is 0 Å². The molecule has 1 aromatic heterocycles. The summed E-state index contributed by atoms with van der Waals surface area (Å²) in [4.78, 5) is 49.5. The number of aryl methyl sites for hydroxylation is 1. The molecule has 8 nitrogen and oxygen atoms in total. The van der Waals surface area contributed by atoms with Crippen molar-refractivity contribution in [3.8, 4) is 0 Å². The highest BCUT2D eigenvalue weighted by Gasteiger charge is 2.36. The Kier molecular flexibility index (Phi) is 9.25. The third kappa shape index (κ3) is 6.36. The van der Waals surface area contributed by atoms with E-state index in [2.05, 4.69) is 0 Å². The Balaban J connectivity index is 2.00. The fraction of sp³-hybridized carbons (Fsp3) is 0.267. The number of nitrogens with zero attached hydrogens (tertiary/aromatic N) is 4. The van der Waals surface area contributed by atoms with Gasteiger partial charge in [0, 0.05) is 36.2 Å². The van der Waals surface area contributed by atoms with E-state index in [4.69, 9.17) is 33.9 Å². The summed E-state index contributed by atoms with van der Waals surface area (Å²) >= 11 is 12.5. The van der Waals surface area contributed by atoms with Crippen molar-refractivity contribution in [3.63, 3.8) is 0 Å². The highest BCUT2D eigenvalue weighted by Crippen LogP contribution is 2.27. The number of amides is 2. The van der Waals surface area contributed by atoms with E-state index < -0.39 is 11.9 Å². The average Bonchev–Trinajstić information content (AvgIpc) is 2.92. The molecule has 0 fully saturated rings. The SMILES string of the molecule is Cc1ccc(C(=O)N(CCCN)C(C(=O)N(C)C)c2nc3cc(Cl)ccc3c(=O)n2Cc2cccc(Cl)c2)cc1. The first-order valence-electron chi connectivity index (χ1n) is 12.8. The average molecular weight is 581 g/mol. The normalized spacial score (nSPS) is 11.8. The molecule has 10 heteroatoms. The molecule has 0 bridgehead atoms. The molecular weight excluding hydrogens is 549 g/mol. The van der Waals surface area contributed by atoms with Gasteiger partial charge < -0.3 is 15.5 Å². The molecule has 0 saturated heterocycles. The van der Waals surface area contributed by atoms with Crippen molar-refractivity contribution >= 4 is 45.9 Å². The molecule has 0 aliphatic heterocycles. The lowest BCUT2D eigenvalue weighted by molar-refractivity contribution is -0.134. The van der Waals surface area contributed by atoms with E-state index in [1.807, 2.05) is 25.1 Å². The molecular formula is C30H31Cl2N5O3. The van der Waals surface area contributed by atoms with Gasteiger partial charge in [0.2, 0.25) is 0 Å². The predicted molar refractivity (Wildman–Crippen MR) is 159 cm³/mol. The van der Waals surface area contributed by atoms with Crippen molar-refractivity contribution in [2.45, 2.75) is 25.9 Å². The Labute approximate surface area is 242 Å². The van der Waals surface area contributed by atoms with Crippen LogP contribution in [0, 0.1) is 6.92 Å². The van der Waals surface area contributed by atoms with Crippen LogP contribution in [0.4, 0.5) is 0 Å². The lowest BCUT2D eigenvalue weighted by Crippen LogP contribution is -2.47. The number of hydrogen-bond donors (Lipinski definition) is 1. The highest BCUT2D eigenvalue weighted by molar-refractivity contribution is 6.31. The van der Waals surface area contributed by atoms with E-state index in [1.165, 1.54) is 14.4 Å². The second-order valence-corrected chi connectivity index (χ2v) is 10.7. The molecule has 4 rings (SSSR count). The summed E-state index contributed by atoms with van der Waals surface area (Å²) in [7, 11) is 3.20. The fourth-order valence-corrected chi connectivity index (χ4v) is 4.87. The number of carbonyl (C=O) groups is 2. The van der Waals surface area contributed by atoms with E-state index in [-0.39, 0.29) is 30.4 Å². The van der Waals surface area contributed by atoms with Gasteiger partial charge in [0.25, 0.3) is 17.4 Å². The van der Waals surface area contributed by atoms with Crippen LogP contribution in [0.1, 0.15) is 39.8 Å². The van der Waals surface area contributed by atoms with Crippen LogP contribution in [0.3, 0.4) is 0 Å². The summed E-state index contributed by atoms with van der Waals surface area (Å²) in [6.07, 6.45) is 0.437. The summed E-state index contributed by atoms with van der Waals surface area (Å²) < 4.78 is 1.44. The van der Waals surface area contributed by atoms with Gasteiger partial charge >= 0.3 is 0 Å². The third-order valence-corrected chi connectivity index (χ3v) is 7.04. The number of hydrogen-bond acceptors (Lipinski definition) is 5. The quantitative estimate of drug-likeness (QED) is 0.310. The number of likely N-dealkylation sites (N-methyl/N-ethyl adjacent to an activating group) is 1. The molecule has 0 spiro atoms. The van der Waals surface area contributed by atoms with Gasteiger partial charge in [-0.1, -0.05) is 53.0 Å². The van der Waals surface area contributed by atoms with Gasteiger partial charge in [0.05, 0.1) is 17.4 Å². The predicted octanol–water partition coefficient (Wildman–Crippen LogP) is 4.68. The van der Waals surface area contributed by atoms with Crippen molar-refractivity contribution in [2.75, 3.05) is 27.2 Å². The zero-order chi connectivity index (χ0) is 29.0. The number of fused-ring (bicyclic) bond motifs is 1. The zero-order valence-electron chi connectivity index (χ0n) is 22.6. The van der Waals surface area contributed by atoms with E-state index in [1.54, 1.807) is 62.6 Å². The first-order valence-corrected chi connectivity index (χ1v) is 13.6. The topological polar surface area (TPSA) is 102 Å². The van der Waals surface area contributed by atoms with Gasteiger partial charge in [-0.3, -0.25) is 19.0 Å². The summed E-state index contributed by atoms with van der Waals surface area (Å²) in [5, 5.41) is 1.24. The molecule has 3 aromatic carbocycles. The Morgan fingerprint density at radius 2 is 1.70 bits per heavy atom. The largest absolute Gasteiger partial charge is 0.347 e. The molecule has 0 radical (unpaired) electrons. The molecule has 0 aliphatic carbocycles. The number of halogens is 2. The molecule has 40 heavy (non-hydrogen) atoms. The van der Waals surface area contributed by atoms with E-state index in [9.17, 15) is 14.4 Å². The lowest BCUT2D eigenvalue weighted by atomic mass is 10.1. The highest BCUT2D eigenvalue weighted by atomic mass is 35.5. The van der Waals surface area contributed by atoms with Gasteiger partial charge in [-0.25, -0.2) is 4.98 Å². The molecule has 1 unspecified atom stereocenters. The molecule has 4 aromatic rings. The number of carbonyl (C=O) groups excluding carboxylic acids is 2. The van der Waals surface area contributed by atoms with E-state index in [0.717, 1.165) is 11.1 Å². The number of rotatable bonds is 9. The van der Waals surface area contributed by atoms with Crippen LogP contribution in [0.25, 0.3) is 10.9 Å². The molecule has 2 N–H and O–H groups in total. The van der Waals surface area contributed by atoms with Crippen LogP contribution in [0.2, 0.25) is 10.0 Å². The van der Waals surface area contributed by atoms with Gasteiger partial charge in [-0.15, -0.1) is 0 Å². The van der Waals surface area contributed by atoms with Crippen molar-refractivity contribution in [1.82, 2.24) is 19.4 Å². The maximum atomic E-state index is 14.0. The first kappa shape index (κ1) is 29.3. The molecule has 1 heterocycles. The maximum Gasteiger partial charge on any atom is 0.261 e. The molecule has 2 amide bonds. The second-order valence-electron chi connectivity index (χ2n) is 9.79. The van der Waals surface area contributed by atoms with Crippen LogP contribution < -0.4 is 11.3 Å². The standard InChI is InChI=1S/C30H31Cl2N5O3/c1-19-8-10-21(11-9-19)28(38)36(15-5-14-33)26(30(40)35(2)3)27-34-25-17-23(32)12-13-24(25)29(39)37(27)18-20-6-4-7-22(31)16-20/h4,6-13,16-17,26H,5,14-15,18,33H2,1-3H3. The van der Waals surface area contributed by atoms with Gasteiger partial charge in [-0.2, -0.15) is 0 Å². The van der Waals surface area contributed by atoms with Crippen molar-refractivity contribution in [3.05, 3.63) is 110 Å². The minimum Gasteiger partial charge on any atom is -0.347 e. The summed E-state index contributed by atoms with van der Waals surface area (Å²) in [6.45, 7) is 2.49. The smallest absolute Gasteiger partial charge is 0.261 e. The van der Waals surface area contributed by atoms with Crippen LogP contribution in [0.15, 0.2) is 71.5 Å². The monoisotopic (exact) mass is 579 g/mol. The minimum absolute atomic E-state index is 0.0843. The van der Waals surface area contributed by atoms with E-state index >= 15 is 0 Å². The van der Waals surface area contributed by atoms with Crippen molar-refractivity contribution < 1.29 is 9.59 Å². The third-order valence-electron chi connectivity index (χ3n) is 6.57. The molecule has 1 atom stereocenters. The number of aromatic nitrogens is 2. The van der Waals surface area contributed by atoms with Crippen LogP contribution in [-0.4, -0.2) is 58.4 Å². The van der Waals surface area contributed by atoms with Crippen molar-refractivity contribution in [2.24, 2.45) is 5.73 Å². The van der Waals surface area contributed by atoms with Crippen LogP contribution in [-0.2, 0) is 11.3 Å². The van der Waals surface area contributed by atoms with Gasteiger partial charge in [0.15, 0.2) is 6.04 Å². The zero-order valence-corrected chi connectivity index (χ0v) is 24.1. The molecule has 0 aliphatic rings. The van der Waals surface area contributed by atoms with Crippen molar-refractivity contribution in [1.29, 1.82) is 0 Å². The summed E-state index contributed by atoms with van der Waals surface area (Å²) in [6, 6.07) is 17.8. The number of nitrogens with two attached hydrogens (primary N) is 1. The Bertz CT molecular complexity index is 1600.